The van der Waals surface area contributed by atoms with Crippen molar-refractivity contribution in [1.82, 2.24) is 15.5 Å². The first-order chi connectivity index (χ1) is 15.4. The van der Waals surface area contributed by atoms with E-state index < -0.39 is 18.1 Å². The monoisotopic (exact) mass is 444 g/mol. The molecule has 2 aliphatic rings. The van der Waals surface area contributed by atoms with Crippen molar-refractivity contribution in [1.29, 1.82) is 0 Å². The Balaban J connectivity index is 1.56. The summed E-state index contributed by atoms with van der Waals surface area (Å²) in [6.45, 7) is 0.768. The summed E-state index contributed by atoms with van der Waals surface area (Å²) in [7, 11) is 0. The van der Waals surface area contributed by atoms with Crippen LogP contribution < -0.4 is 16.4 Å². The molecule has 176 valence electrons. The van der Waals surface area contributed by atoms with Crippen LogP contribution in [-0.2, 0) is 20.8 Å². The van der Waals surface area contributed by atoms with E-state index in [4.69, 9.17) is 10.8 Å². The number of hydrogen-bond donors (Lipinski definition) is 4. The van der Waals surface area contributed by atoms with E-state index in [9.17, 15) is 14.4 Å². The smallest absolute Gasteiger partial charge is 0.317 e. The minimum absolute atomic E-state index is 0.138. The first kappa shape index (κ1) is 24.0. The van der Waals surface area contributed by atoms with E-state index in [0.717, 1.165) is 37.7 Å². The molecule has 5 N–H and O–H groups in total. The first-order valence-electron chi connectivity index (χ1n) is 11.8. The molecule has 1 aliphatic carbocycles. The van der Waals surface area contributed by atoms with Crippen LogP contribution in [0.2, 0.25) is 0 Å². The largest absolute Gasteiger partial charge is 0.480 e. The Morgan fingerprint density at radius 2 is 1.78 bits per heavy atom. The van der Waals surface area contributed by atoms with Crippen LogP contribution >= 0.6 is 0 Å². The number of carbonyl (C=O) groups excluding carboxylic acids is 2. The standard InChI is InChI=1S/C24H36N4O4/c25-19-10-8-17(9-11-19)12-13-26-23(31)21-7-4-14-28(21)24(32)20(27-16-22(29)30)15-18-5-2-1-3-6-18/h8-11,18,20-21,27H,1-7,12-16,25H2,(H,26,31)(H,29,30)/t20-,21?/m1/s1. The molecule has 8 nitrogen and oxygen atoms in total. The van der Waals surface area contributed by atoms with Crippen molar-refractivity contribution < 1.29 is 19.5 Å². The van der Waals surface area contributed by atoms with Crippen LogP contribution in [0.25, 0.3) is 0 Å². The molecule has 2 fully saturated rings. The summed E-state index contributed by atoms with van der Waals surface area (Å²) in [6, 6.07) is 6.51. The maximum Gasteiger partial charge on any atom is 0.317 e. The lowest BCUT2D eigenvalue weighted by atomic mass is 9.84. The van der Waals surface area contributed by atoms with Gasteiger partial charge in [0.15, 0.2) is 0 Å². The highest BCUT2D eigenvalue weighted by molar-refractivity contribution is 5.90. The van der Waals surface area contributed by atoms with E-state index >= 15 is 0 Å². The molecular weight excluding hydrogens is 408 g/mol. The van der Waals surface area contributed by atoms with Gasteiger partial charge in [-0.3, -0.25) is 19.7 Å². The van der Waals surface area contributed by atoms with Crippen LogP contribution in [-0.4, -0.2) is 59.5 Å². The van der Waals surface area contributed by atoms with Gasteiger partial charge in [0.05, 0.1) is 12.6 Å². The lowest BCUT2D eigenvalue weighted by Gasteiger charge is -2.31. The number of hydrogen-bond acceptors (Lipinski definition) is 5. The van der Waals surface area contributed by atoms with Crippen molar-refractivity contribution in [3.05, 3.63) is 29.8 Å². The minimum Gasteiger partial charge on any atom is -0.480 e. The van der Waals surface area contributed by atoms with E-state index in [1.807, 2.05) is 24.3 Å². The van der Waals surface area contributed by atoms with Crippen molar-refractivity contribution >= 4 is 23.5 Å². The molecule has 0 spiro atoms. The molecule has 8 heteroatoms. The summed E-state index contributed by atoms with van der Waals surface area (Å²) < 4.78 is 0. The van der Waals surface area contributed by atoms with Crippen LogP contribution in [0.5, 0.6) is 0 Å². The fourth-order valence-corrected chi connectivity index (χ4v) is 4.87. The lowest BCUT2D eigenvalue weighted by Crippen LogP contribution is -2.53. The number of amides is 2. The highest BCUT2D eigenvalue weighted by atomic mass is 16.4. The zero-order valence-corrected chi connectivity index (χ0v) is 18.7. The highest BCUT2D eigenvalue weighted by Crippen LogP contribution is 2.28. The highest BCUT2D eigenvalue weighted by Gasteiger charge is 2.37. The van der Waals surface area contributed by atoms with Gasteiger partial charge < -0.3 is 21.1 Å². The molecule has 1 aromatic carbocycles. The molecule has 3 rings (SSSR count). The van der Waals surface area contributed by atoms with Gasteiger partial charge in [0, 0.05) is 18.8 Å². The van der Waals surface area contributed by atoms with Crippen LogP contribution in [0.4, 0.5) is 5.69 Å². The lowest BCUT2D eigenvalue weighted by molar-refractivity contribution is -0.141. The zero-order valence-electron chi connectivity index (χ0n) is 18.7. The third kappa shape index (κ3) is 6.95. The molecule has 1 aromatic rings. The molecular formula is C24H36N4O4. The molecule has 2 amide bonds. The molecule has 0 bridgehead atoms. The minimum atomic E-state index is -0.982. The van der Waals surface area contributed by atoms with E-state index in [1.165, 1.54) is 6.42 Å². The average molecular weight is 445 g/mol. The Labute approximate surface area is 189 Å². The fraction of sp³-hybridized carbons (Fsp3) is 0.625. The van der Waals surface area contributed by atoms with E-state index in [1.54, 1.807) is 4.90 Å². The molecule has 1 heterocycles. The topological polar surface area (TPSA) is 125 Å². The van der Waals surface area contributed by atoms with Crippen LogP contribution in [0.1, 0.15) is 56.9 Å². The molecule has 0 radical (unpaired) electrons. The Bertz CT molecular complexity index is 777. The number of rotatable bonds is 10. The number of nitrogens with zero attached hydrogens (tertiary/aromatic N) is 1. The van der Waals surface area contributed by atoms with Gasteiger partial charge in [0.2, 0.25) is 11.8 Å². The second kappa shape index (κ2) is 11.9. The normalized spacial score (nSPS) is 20.1. The molecule has 1 saturated carbocycles. The van der Waals surface area contributed by atoms with Gasteiger partial charge in [-0.1, -0.05) is 44.2 Å². The van der Waals surface area contributed by atoms with Gasteiger partial charge in [0.25, 0.3) is 0 Å². The van der Waals surface area contributed by atoms with Crippen LogP contribution in [0.15, 0.2) is 24.3 Å². The van der Waals surface area contributed by atoms with Gasteiger partial charge in [-0.25, -0.2) is 0 Å². The van der Waals surface area contributed by atoms with Crippen molar-refractivity contribution in [2.45, 2.75) is 69.9 Å². The van der Waals surface area contributed by atoms with Crippen LogP contribution in [0.3, 0.4) is 0 Å². The molecule has 1 aliphatic heterocycles. The second-order valence-corrected chi connectivity index (χ2v) is 9.04. The number of carboxylic acids is 1. The number of likely N-dealkylation sites (tertiary alicyclic amines) is 1. The number of nitrogens with two attached hydrogens (primary N) is 1. The summed E-state index contributed by atoms with van der Waals surface area (Å²) in [5.41, 5.74) is 7.50. The zero-order chi connectivity index (χ0) is 22.9. The maximum atomic E-state index is 13.4. The van der Waals surface area contributed by atoms with Crippen molar-refractivity contribution in [3.63, 3.8) is 0 Å². The first-order valence-corrected chi connectivity index (χ1v) is 11.8. The van der Waals surface area contributed by atoms with E-state index in [2.05, 4.69) is 10.6 Å². The Morgan fingerprint density at radius 1 is 1.06 bits per heavy atom. The number of aliphatic carboxylic acids is 1. The molecule has 0 aromatic heterocycles. The Morgan fingerprint density at radius 3 is 2.47 bits per heavy atom. The number of nitrogens with one attached hydrogen (secondary N) is 2. The fourth-order valence-electron chi connectivity index (χ4n) is 4.87. The van der Waals surface area contributed by atoms with Gasteiger partial charge in [-0.15, -0.1) is 0 Å². The molecule has 32 heavy (non-hydrogen) atoms. The number of benzene rings is 1. The van der Waals surface area contributed by atoms with Gasteiger partial charge in [-0.2, -0.15) is 0 Å². The van der Waals surface area contributed by atoms with E-state index in [0.29, 0.717) is 44.0 Å². The van der Waals surface area contributed by atoms with Crippen molar-refractivity contribution in [2.24, 2.45) is 5.92 Å². The molecule has 1 unspecified atom stereocenters. The molecule has 1 saturated heterocycles. The van der Waals surface area contributed by atoms with Crippen LogP contribution in [0, 0.1) is 5.92 Å². The van der Waals surface area contributed by atoms with Crippen molar-refractivity contribution in [3.8, 4) is 0 Å². The number of anilines is 1. The maximum absolute atomic E-state index is 13.4. The quantitative estimate of drug-likeness (QED) is 0.409. The number of carbonyl (C=O) groups is 3. The van der Waals surface area contributed by atoms with Gasteiger partial charge >= 0.3 is 5.97 Å². The average Bonchev–Trinajstić information content (AvgIpc) is 3.28. The predicted octanol–water partition coefficient (Wildman–Crippen LogP) is 1.93. The number of carboxylic acid groups (broad SMARTS) is 1. The molecule has 2 atom stereocenters. The van der Waals surface area contributed by atoms with Gasteiger partial charge in [0.1, 0.15) is 6.04 Å². The summed E-state index contributed by atoms with van der Waals surface area (Å²) in [5.74, 6) is -0.840. The third-order valence-corrected chi connectivity index (χ3v) is 6.62. The van der Waals surface area contributed by atoms with E-state index in [-0.39, 0.29) is 18.4 Å². The summed E-state index contributed by atoms with van der Waals surface area (Å²) >= 11 is 0. The predicted molar refractivity (Wildman–Crippen MR) is 123 cm³/mol. The number of nitrogen functional groups attached to an aromatic ring is 1. The van der Waals surface area contributed by atoms with Gasteiger partial charge in [-0.05, 0) is 49.3 Å². The third-order valence-electron chi connectivity index (χ3n) is 6.62. The second-order valence-electron chi connectivity index (χ2n) is 9.04. The summed E-state index contributed by atoms with van der Waals surface area (Å²) in [6.07, 6.45) is 8.43. The summed E-state index contributed by atoms with van der Waals surface area (Å²) in [5, 5.41) is 15.0. The SMILES string of the molecule is Nc1ccc(CCNC(=O)C2CCCN2C(=O)[C@@H](CC2CCCCC2)NCC(=O)O)cc1. The Hall–Kier alpha value is -2.61. The van der Waals surface area contributed by atoms with Crippen molar-refractivity contribution in [2.75, 3.05) is 25.4 Å². The summed E-state index contributed by atoms with van der Waals surface area (Å²) in [4.78, 5) is 39.0. The Kier molecular flexibility index (Phi) is 8.90.